The van der Waals surface area contributed by atoms with Crippen LogP contribution in [0.2, 0.25) is 10.0 Å². The fourth-order valence-corrected chi connectivity index (χ4v) is 4.57. The van der Waals surface area contributed by atoms with Crippen LogP contribution in [-0.4, -0.2) is 11.2 Å². The highest BCUT2D eigenvalue weighted by atomic mass is 35.5. The van der Waals surface area contributed by atoms with E-state index in [9.17, 15) is 9.90 Å². The quantitative estimate of drug-likeness (QED) is 0.170. The molecule has 2 rings (SSSR count). The number of carbonyl (C=O) groups is 1. The van der Waals surface area contributed by atoms with E-state index >= 15 is 0 Å². The van der Waals surface area contributed by atoms with Crippen LogP contribution in [0.15, 0.2) is 30.3 Å². The Bertz CT molecular complexity index is 900. The van der Waals surface area contributed by atoms with Crippen molar-refractivity contribution in [2.24, 2.45) is 0 Å². The number of hydrogen-bond donors (Lipinski definition) is 2. The van der Waals surface area contributed by atoms with Crippen molar-refractivity contribution in [2.75, 3.05) is 5.32 Å². The summed E-state index contributed by atoms with van der Waals surface area (Å²) < 4.78 is 5.31. The zero-order valence-electron chi connectivity index (χ0n) is 21.3. The minimum atomic E-state index is -0.722. The lowest BCUT2D eigenvalue weighted by Gasteiger charge is -2.12. The number of nitrogens with one attached hydrogen (secondary N) is 1. The van der Waals surface area contributed by atoms with E-state index in [4.69, 9.17) is 27.9 Å². The van der Waals surface area contributed by atoms with Gasteiger partial charge in [-0.05, 0) is 49.1 Å². The van der Waals surface area contributed by atoms with Gasteiger partial charge in [-0.15, -0.1) is 0 Å². The number of ether oxygens (including phenoxy) is 1. The Morgan fingerprint density at radius 3 is 1.91 bits per heavy atom. The topological polar surface area (TPSA) is 58.6 Å². The molecule has 0 aliphatic rings. The highest BCUT2D eigenvalue weighted by molar-refractivity contribution is 6.37. The van der Waals surface area contributed by atoms with Crippen LogP contribution in [0.1, 0.15) is 102 Å². The molecular formula is C29H41Cl2NO3. The lowest BCUT2D eigenvalue weighted by molar-refractivity contribution is 0.215. The molecule has 194 valence electrons. The molecule has 2 aromatic carbocycles. The fourth-order valence-electron chi connectivity index (χ4n) is 4.11. The molecule has 35 heavy (non-hydrogen) atoms. The first-order valence-corrected chi connectivity index (χ1v) is 13.9. The number of phenolic OH excluding ortho intramolecular Hbond substituents is 1. The van der Waals surface area contributed by atoms with Gasteiger partial charge in [0.2, 0.25) is 0 Å². The average Bonchev–Trinajstić information content (AvgIpc) is 2.85. The molecule has 0 fully saturated rings. The second kappa shape index (κ2) is 16.7. The van der Waals surface area contributed by atoms with Gasteiger partial charge in [0, 0.05) is 5.02 Å². The summed E-state index contributed by atoms with van der Waals surface area (Å²) >= 11 is 12.1. The van der Waals surface area contributed by atoms with Gasteiger partial charge < -0.3 is 9.84 Å². The Labute approximate surface area is 221 Å². The number of phenols is 1. The van der Waals surface area contributed by atoms with E-state index in [1.807, 2.05) is 12.1 Å². The minimum absolute atomic E-state index is 0.102. The van der Waals surface area contributed by atoms with Crippen molar-refractivity contribution < 1.29 is 14.6 Å². The summed E-state index contributed by atoms with van der Waals surface area (Å²) in [4.78, 5) is 12.2. The highest BCUT2D eigenvalue weighted by Gasteiger charge is 2.15. The van der Waals surface area contributed by atoms with Crippen LogP contribution in [0.25, 0.3) is 0 Å². The van der Waals surface area contributed by atoms with E-state index < -0.39 is 6.09 Å². The van der Waals surface area contributed by atoms with Crippen molar-refractivity contribution in [3.05, 3.63) is 51.5 Å². The van der Waals surface area contributed by atoms with Crippen LogP contribution in [0, 0.1) is 6.92 Å². The van der Waals surface area contributed by atoms with Crippen LogP contribution in [-0.2, 0) is 6.42 Å². The van der Waals surface area contributed by atoms with Gasteiger partial charge in [-0.25, -0.2) is 4.79 Å². The van der Waals surface area contributed by atoms with Gasteiger partial charge >= 0.3 is 6.09 Å². The molecule has 0 spiro atoms. The van der Waals surface area contributed by atoms with Crippen molar-refractivity contribution >= 4 is 35.0 Å². The first kappa shape index (κ1) is 29.3. The monoisotopic (exact) mass is 521 g/mol. The Morgan fingerprint density at radius 2 is 1.37 bits per heavy atom. The summed E-state index contributed by atoms with van der Waals surface area (Å²) in [5.74, 6) is 0.194. The van der Waals surface area contributed by atoms with Crippen molar-refractivity contribution in [3.63, 3.8) is 0 Å². The normalized spacial score (nSPS) is 11.0. The second-order valence-corrected chi connectivity index (χ2v) is 10.1. The third kappa shape index (κ3) is 11.1. The summed E-state index contributed by atoms with van der Waals surface area (Å²) in [5.41, 5.74) is 1.88. The molecule has 0 radical (unpaired) electrons. The largest absolute Gasteiger partial charge is 0.504 e. The van der Waals surface area contributed by atoms with E-state index in [0.29, 0.717) is 16.3 Å². The highest BCUT2D eigenvalue weighted by Crippen LogP contribution is 2.38. The van der Waals surface area contributed by atoms with Gasteiger partial charge in [-0.1, -0.05) is 119 Å². The van der Waals surface area contributed by atoms with Gasteiger partial charge in [-0.3, -0.25) is 5.32 Å². The Morgan fingerprint density at radius 1 is 0.857 bits per heavy atom. The maximum absolute atomic E-state index is 12.2. The molecule has 4 nitrogen and oxygen atoms in total. The average molecular weight is 523 g/mol. The first-order chi connectivity index (χ1) is 16.9. The maximum Gasteiger partial charge on any atom is 0.417 e. The molecule has 0 saturated carbocycles. The Hall–Kier alpha value is -1.91. The maximum atomic E-state index is 12.2. The predicted octanol–water partition coefficient (Wildman–Crippen LogP) is 10.3. The molecule has 0 heterocycles. The number of aryl methyl sites for hydroxylation is 1. The van der Waals surface area contributed by atoms with Gasteiger partial charge in [0.05, 0.1) is 10.7 Å². The van der Waals surface area contributed by atoms with Crippen LogP contribution in [0.5, 0.6) is 11.5 Å². The van der Waals surface area contributed by atoms with Crippen LogP contribution >= 0.6 is 23.2 Å². The van der Waals surface area contributed by atoms with E-state index in [1.54, 1.807) is 19.1 Å². The Balaban J connectivity index is 1.58. The van der Waals surface area contributed by atoms with Gasteiger partial charge in [0.15, 0.2) is 5.75 Å². The molecule has 1 amide bonds. The SMILES string of the molecule is CCCCCCCCCCCCCCCc1ccc(OC(=O)Nc2cc(Cl)c(C)c(Cl)c2O)cc1. The zero-order chi connectivity index (χ0) is 25.5. The molecule has 0 aromatic heterocycles. The number of benzene rings is 2. The molecule has 0 aliphatic carbocycles. The van der Waals surface area contributed by atoms with Gasteiger partial charge in [0.1, 0.15) is 5.75 Å². The smallest absolute Gasteiger partial charge is 0.417 e. The molecule has 0 saturated heterocycles. The number of carbonyl (C=O) groups excluding carboxylic acids is 1. The number of aromatic hydroxyl groups is 1. The molecule has 2 N–H and O–H groups in total. The number of anilines is 1. The number of halogens is 2. The molecule has 6 heteroatoms. The number of hydrogen-bond acceptors (Lipinski definition) is 3. The molecule has 2 aromatic rings. The Kier molecular flexibility index (Phi) is 14.0. The number of amides is 1. The minimum Gasteiger partial charge on any atom is -0.504 e. The van der Waals surface area contributed by atoms with Crippen molar-refractivity contribution in [1.82, 2.24) is 0 Å². The molecule has 0 atom stereocenters. The first-order valence-electron chi connectivity index (χ1n) is 13.2. The predicted molar refractivity (Wildman–Crippen MR) is 148 cm³/mol. The molecule has 0 bridgehead atoms. The lowest BCUT2D eigenvalue weighted by Crippen LogP contribution is -2.17. The number of rotatable bonds is 16. The standard InChI is InChI=1S/C29H41Cl2NO3/c1-3-4-5-6-7-8-9-10-11-12-13-14-15-16-23-17-19-24(20-18-23)35-29(34)32-26-21-25(30)22(2)27(31)28(26)33/h17-21,33H,3-16H2,1-2H3,(H,32,34). The summed E-state index contributed by atoms with van der Waals surface area (Å²) in [6, 6.07) is 8.98. The molecular weight excluding hydrogens is 481 g/mol. The van der Waals surface area contributed by atoms with E-state index in [-0.39, 0.29) is 16.5 Å². The van der Waals surface area contributed by atoms with E-state index in [1.165, 1.54) is 95.1 Å². The molecule has 0 aliphatic heterocycles. The second-order valence-electron chi connectivity index (χ2n) is 9.34. The fraction of sp³-hybridized carbons (Fsp3) is 0.552. The van der Waals surface area contributed by atoms with Crippen molar-refractivity contribution in [1.29, 1.82) is 0 Å². The van der Waals surface area contributed by atoms with Gasteiger partial charge in [-0.2, -0.15) is 0 Å². The lowest BCUT2D eigenvalue weighted by atomic mass is 10.0. The van der Waals surface area contributed by atoms with Crippen molar-refractivity contribution in [3.8, 4) is 11.5 Å². The molecule has 0 unspecified atom stereocenters. The number of unbranched alkanes of at least 4 members (excludes halogenated alkanes) is 12. The van der Waals surface area contributed by atoms with E-state index in [0.717, 1.165) is 6.42 Å². The van der Waals surface area contributed by atoms with Crippen LogP contribution in [0.3, 0.4) is 0 Å². The zero-order valence-corrected chi connectivity index (χ0v) is 22.8. The summed E-state index contributed by atoms with van der Waals surface area (Å²) in [7, 11) is 0. The van der Waals surface area contributed by atoms with E-state index in [2.05, 4.69) is 12.2 Å². The van der Waals surface area contributed by atoms with Crippen LogP contribution in [0.4, 0.5) is 10.5 Å². The third-order valence-corrected chi connectivity index (χ3v) is 7.22. The third-order valence-electron chi connectivity index (χ3n) is 6.36. The van der Waals surface area contributed by atoms with Crippen molar-refractivity contribution in [2.45, 2.75) is 104 Å². The summed E-state index contributed by atoms with van der Waals surface area (Å²) in [6.07, 6.45) is 17.9. The van der Waals surface area contributed by atoms with Crippen LogP contribution < -0.4 is 10.1 Å². The summed E-state index contributed by atoms with van der Waals surface area (Å²) in [6.45, 7) is 3.95. The van der Waals surface area contributed by atoms with Gasteiger partial charge in [0.25, 0.3) is 0 Å². The summed E-state index contributed by atoms with van der Waals surface area (Å²) in [5, 5.41) is 13.0.